The minimum atomic E-state index is 1.00. The third-order valence-electron chi connectivity index (χ3n) is 3.51. The van der Waals surface area contributed by atoms with Crippen LogP contribution in [0.5, 0.6) is 0 Å². The van der Waals surface area contributed by atoms with Crippen molar-refractivity contribution in [3.8, 4) is 0 Å². The Kier molecular flexibility index (Phi) is 4.87. The maximum Gasteiger partial charge on any atom is 0.0220 e. The van der Waals surface area contributed by atoms with Gasteiger partial charge < -0.3 is 9.88 Å². The molecule has 0 unspecified atom stereocenters. The van der Waals surface area contributed by atoms with Crippen LogP contribution in [0, 0.1) is 0 Å². The molecule has 94 valence electrons. The van der Waals surface area contributed by atoms with E-state index in [1.54, 1.807) is 5.57 Å². The summed E-state index contributed by atoms with van der Waals surface area (Å²) in [5.41, 5.74) is 3.05. The Hall–Kier alpha value is -1.02. The summed E-state index contributed by atoms with van der Waals surface area (Å²) in [6, 6.07) is 2.20. The van der Waals surface area contributed by atoms with Crippen LogP contribution in [0.4, 0.5) is 0 Å². The van der Waals surface area contributed by atoms with Gasteiger partial charge >= 0.3 is 0 Å². The highest BCUT2D eigenvalue weighted by Crippen LogP contribution is 2.19. The fourth-order valence-electron chi connectivity index (χ4n) is 2.41. The van der Waals surface area contributed by atoms with Gasteiger partial charge in [0.25, 0.3) is 0 Å². The van der Waals surface area contributed by atoms with Crippen molar-refractivity contribution < 1.29 is 0 Å². The minimum absolute atomic E-state index is 1.00. The summed E-state index contributed by atoms with van der Waals surface area (Å²) < 4.78 is 2.22. The monoisotopic (exact) mass is 232 g/mol. The van der Waals surface area contributed by atoms with Gasteiger partial charge in [0, 0.05) is 25.5 Å². The van der Waals surface area contributed by atoms with E-state index in [-0.39, 0.29) is 0 Å². The van der Waals surface area contributed by atoms with E-state index < -0.39 is 0 Å². The number of hydrogen-bond acceptors (Lipinski definition) is 1. The van der Waals surface area contributed by atoms with Crippen LogP contribution in [0.25, 0.3) is 0 Å². The van der Waals surface area contributed by atoms with Crippen molar-refractivity contribution in [1.82, 2.24) is 9.88 Å². The second-order valence-corrected chi connectivity index (χ2v) is 4.89. The van der Waals surface area contributed by atoms with Gasteiger partial charge in [-0.2, -0.15) is 0 Å². The molecule has 0 radical (unpaired) electrons. The van der Waals surface area contributed by atoms with Gasteiger partial charge in [0.1, 0.15) is 0 Å². The molecule has 1 aliphatic carbocycles. The topological polar surface area (TPSA) is 17.0 Å². The lowest BCUT2D eigenvalue weighted by atomic mass is 9.97. The molecule has 17 heavy (non-hydrogen) atoms. The lowest BCUT2D eigenvalue weighted by Gasteiger charge is -2.12. The van der Waals surface area contributed by atoms with Crippen LogP contribution in [0.1, 0.15) is 44.6 Å². The average Bonchev–Trinajstić information content (AvgIpc) is 2.84. The largest absolute Gasteiger partial charge is 0.354 e. The zero-order chi connectivity index (χ0) is 11.9. The van der Waals surface area contributed by atoms with Crippen LogP contribution in [0.3, 0.4) is 0 Å². The SMILES string of the molecule is CCn1ccc(CNCCC2=CCCCC2)c1. The van der Waals surface area contributed by atoms with E-state index in [2.05, 4.69) is 41.3 Å². The van der Waals surface area contributed by atoms with E-state index in [9.17, 15) is 0 Å². The predicted molar refractivity (Wildman–Crippen MR) is 73.0 cm³/mol. The lowest BCUT2D eigenvalue weighted by molar-refractivity contribution is 0.631. The summed E-state index contributed by atoms with van der Waals surface area (Å²) in [7, 11) is 0. The minimum Gasteiger partial charge on any atom is -0.354 e. The second-order valence-electron chi connectivity index (χ2n) is 4.89. The lowest BCUT2D eigenvalue weighted by Crippen LogP contribution is -2.15. The molecule has 0 atom stereocenters. The summed E-state index contributed by atoms with van der Waals surface area (Å²) in [5.74, 6) is 0. The molecule has 0 amide bonds. The molecule has 0 aliphatic heterocycles. The number of nitrogens with zero attached hydrogens (tertiary/aromatic N) is 1. The molecule has 2 rings (SSSR count). The molecule has 1 aliphatic rings. The van der Waals surface area contributed by atoms with E-state index in [1.165, 1.54) is 37.7 Å². The summed E-state index contributed by atoms with van der Waals surface area (Å²) >= 11 is 0. The first-order chi connectivity index (χ1) is 8.38. The zero-order valence-electron chi connectivity index (χ0n) is 10.9. The van der Waals surface area contributed by atoms with Gasteiger partial charge in [-0.1, -0.05) is 11.6 Å². The van der Waals surface area contributed by atoms with Crippen LogP contribution in [0.2, 0.25) is 0 Å². The summed E-state index contributed by atoms with van der Waals surface area (Å²) in [4.78, 5) is 0. The standard InChI is InChI=1S/C15H24N2/c1-2-17-11-9-15(13-17)12-16-10-8-14-6-4-3-5-7-14/h6,9,11,13,16H,2-5,7-8,10,12H2,1H3. The normalized spacial score (nSPS) is 15.9. The summed E-state index contributed by atoms with van der Waals surface area (Å²) in [6.07, 6.45) is 13.5. The maximum atomic E-state index is 3.53. The second kappa shape index (κ2) is 6.65. The molecule has 0 spiro atoms. The third-order valence-corrected chi connectivity index (χ3v) is 3.51. The van der Waals surface area contributed by atoms with E-state index in [4.69, 9.17) is 0 Å². The molecule has 1 N–H and O–H groups in total. The van der Waals surface area contributed by atoms with Crippen LogP contribution in [0.15, 0.2) is 30.1 Å². The van der Waals surface area contributed by atoms with Gasteiger partial charge in [-0.25, -0.2) is 0 Å². The van der Waals surface area contributed by atoms with E-state index in [0.717, 1.165) is 19.6 Å². The number of aromatic nitrogens is 1. The first kappa shape index (κ1) is 12.4. The Labute approximate surface area is 105 Å². The highest BCUT2D eigenvalue weighted by atomic mass is 14.9. The highest BCUT2D eigenvalue weighted by molar-refractivity contribution is 5.10. The number of hydrogen-bond donors (Lipinski definition) is 1. The van der Waals surface area contributed by atoms with E-state index in [1.807, 2.05) is 0 Å². The van der Waals surface area contributed by atoms with Crippen molar-refractivity contribution >= 4 is 0 Å². The molecule has 0 bridgehead atoms. The van der Waals surface area contributed by atoms with Crippen LogP contribution in [-0.4, -0.2) is 11.1 Å². The molecular weight excluding hydrogens is 208 g/mol. The quantitative estimate of drug-likeness (QED) is 0.587. The Morgan fingerprint density at radius 3 is 3.00 bits per heavy atom. The van der Waals surface area contributed by atoms with Gasteiger partial charge in [0.2, 0.25) is 0 Å². The first-order valence-corrected chi connectivity index (χ1v) is 6.92. The smallest absolute Gasteiger partial charge is 0.0220 e. The molecule has 1 aromatic rings. The molecule has 1 heterocycles. The maximum absolute atomic E-state index is 3.53. The number of aryl methyl sites for hydroxylation is 1. The van der Waals surface area contributed by atoms with Crippen molar-refractivity contribution in [2.75, 3.05) is 6.54 Å². The van der Waals surface area contributed by atoms with Crippen molar-refractivity contribution in [2.45, 2.75) is 52.1 Å². The van der Waals surface area contributed by atoms with Crippen molar-refractivity contribution in [2.24, 2.45) is 0 Å². The average molecular weight is 232 g/mol. The van der Waals surface area contributed by atoms with Crippen LogP contribution < -0.4 is 5.32 Å². The fourth-order valence-corrected chi connectivity index (χ4v) is 2.41. The number of nitrogens with one attached hydrogen (secondary N) is 1. The van der Waals surface area contributed by atoms with Crippen molar-refractivity contribution in [1.29, 1.82) is 0 Å². The molecule has 0 saturated heterocycles. The van der Waals surface area contributed by atoms with Gasteiger partial charge in [0.05, 0.1) is 0 Å². The Morgan fingerprint density at radius 1 is 1.35 bits per heavy atom. The predicted octanol–water partition coefficient (Wildman–Crippen LogP) is 3.49. The molecule has 1 aromatic heterocycles. The van der Waals surface area contributed by atoms with Gasteiger partial charge in [-0.3, -0.25) is 0 Å². The molecular formula is C15H24N2. The van der Waals surface area contributed by atoms with Crippen LogP contribution >= 0.6 is 0 Å². The van der Waals surface area contributed by atoms with Crippen molar-refractivity contribution in [3.05, 3.63) is 35.7 Å². The summed E-state index contributed by atoms with van der Waals surface area (Å²) in [6.45, 7) is 5.35. The Morgan fingerprint density at radius 2 is 2.29 bits per heavy atom. The molecule has 0 fully saturated rings. The van der Waals surface area contributed by atoms with Gasteiger partial charge in [-0.15, -0.1) is 0 Å². The van der Waals surface area contributed by atoms with Gasteiger partial charge in [0.15, 0.2) is 0 Å². The summed E-state index contributed by atoms with van der Waals surface area (Å²) in [5, 5.41) is 3.53. The van der Waals surface area contributed by atoms with Gasteiger partial charge in [-0.05, 0) is 57.2 Å². The molecule has 0 aromatic carbocycles. The Bertz CT molecular complexity index is 363. The molecule has 2 nitrogen and oxygen atoms in total. The van der Waals surface area contributed by atoms with E-state index >= 15 is 0 Å². The zero-order valence-corrected chi connectivity index (χ0v) is 10.9. The first-order valence-electron chi connectivity index (χ1n) is 6.92. The number of allylic oxidation sites excluding steroid dienone is 1. The van der Waals surface area contributed by atoms with Crippen molar-refractivity contribution in [3.63, 3.8) is 0 Å². The number of rotatable bonds is 6. The molecule has 0 saturated carbocycles. The Balaban J connectivity index is 1.64. The third kappa shape index (κ3) is 4.04. The van der Waals surface area contributed by atoms with E-state index in [0.29, 0.717) is 0 Å². The van der Waals surface area contributed by atoms with Crippen LogP contribution in [-0.2, 0) is 13.1 Å². The molecule has 2 heteroatoms. The fraction of sp³-hybridized carbons (Fsp3) is 0.600. The highest BCUT2D eigenvalue weighted by Gasteiger charge is 2.03.